The third kappa shape index (κ3) is 9.08. The number of carbonyl (C=O) groups excluding carboxylic acids is 1. The minimum absolute atomic E-state index is 0.0268. The van der Waals surface area contributed by atoms with E-state index in [4.69, 9.17) is 18.9 Å². The SMILES string of the molecule is C=C(C)C(=O)OC(C)CCOC(C)CC(CC)(COC)COC. The summed E-state index contributed by atoms with van der Waals surface area (Å²) in [5.74, 6) is -0.351. The monoisotopic (exact) mass is 330 g/mol. The molecule has 0 radical (unpaired) electrons. The summed E-state index contributed by atoms with van der Waals surface area (Å²) in [5.41, 5.74) is 0.388. The lowest BCUT2D eigenvalue weighted by molar-refractivity contribution is -0.144. The molecule has 23 heavy (non-hydrogen) atoms. The minimum Gasteiger partial charge on any atom is -0.459 e. The van der Waals surface area contributed by atoms with E-state index in [0.29, 0.717) is 31.8 Å². The maximum absolute atomic E-state index is 11.4. The molecule has 136 valence electrons. The lowest BCUT2D eigenvalue weighted by Gasteiger charge is -2.33. The van der Waals surface area contributed by atoms with E-state index in [-0.39, 0.29) is 23.6 Å². The van der Waals surface area contributed by atoms with E-state index in [9.17, 15) is 4.79 Å². The molecule has 0 rings (SSSR count). The quantitative estimate of drug-likeness (QED) is 0.383. The molecule has 2 atom stereocenters. The van der Waals surface area contributed by atoms with Crippen molar-refractivity contribution in [2.45, 2.75) is 59.2 Å². The van der Waals surface area contributed by atoms with Crippen molar-refractivity contribution in [3.05, 3.63) is 12.2 Å². The van der Waals surface area contributed by atoms with Gasteiger partial charge in [-0.2, -0.15) is 0 Å². The van der Waals surface area contributed by atoms with Crippen molar-refractivity contribution < 1.29 is 23.7 Å². The molecular formula is C18H34O5. The first-order chi connectivity index (χ1) is 10.8. The summed E-state index contributed by atoms with van der Waals surface area (Å²) in [6, 6.07) is 0. The second kappa shape index (κ2) is 11.6. The maximum atomic E-state index is 11.4. The Labute approximate surface area is 141 Å². The van der Waals surface area contributed by atoms with Crippen LogP contribution in [0.5, 0.6) is 0 Å². The molecule has 0 spiro atoms. The van der Waals surface area contributed by atoms with Crippen LogP contribution in [0.15, 0.2) is 12.2 Å². The molecule has 0 fully saturated rings. The Morgan fingerprint density at radius 3 is 2.13 bits per heavy atom. The van der Waals surface area contributed by atoms with Crippen LogP contribution in [0.2, 0.25) is 0 Å². The summed E-state index contributed by atoms with van der Waals surface area (Å²) in [7, 11) is 3.42. The molecule has 0 aliphatic carbocycles. The van der Waals surface area contributed by atoms with Gasteiger partial charge in [0.05, 0.1) is 25.9 Å². The van der Waals surface area contributed by atoms with E-state index >= 15 is 0 Å². The van der Waals surface area contributed by atoms with Gasteiger partial charge in [0.25, 0.3) is 0 Å². The Balaban J connectivity index is 4.24. The van der Waals surface area contributed by atoms with E-state index in [1.54, 1.807) is 21.1 Å². The Bertz CT molecular complexity index is 347. The number of methoxy groups -OCH3 is 2. The van der Waals surface area contributed by atoms with Crippen molar-refractivity contribution in [1.82, 2.24) is 0 Å². The van der Waals surface area contributed by atoms with Crippen LogP contribution in [0, 0.1) is 5.41 Å². The Hall–Kier alpha value is -0.910. The van der Waals surface area contributed by atoms with E-state index in [2.05, 4.69) is 20.4 Å². The molecule has 0 aliphatic rings. The standard InChI is InChI=1S/C18H34O5/c1-8-18(12-20-6,13-21-7)11-16(5)22-10-9-15(4)23-17(19)14(2)3/h15-16H,2,8-13H2,1,3-7H3. The van der Waals surface area contributed by atoms with E-state index in [1.165, 1.54) is 0 Å². The van der Waals surface area contributed by atoms with Gasteiger partial charge in [0.2, 0.25) is 0 Å². The zero-order valence-corrected chi connectivity index (χ0v) is 15.6. The van der Waals surface area contributed by atoms with Gasteiger partial charge >= 0.3 is 5.97 Å². The van der Waals surface area contributed by atoms with Crippen LogP contribution < -0.4 is 0 Å². The molecule has 0 aromatic rings. The van der Waals surface area contributed by atoms with Gasteiger partial charge in [0.1, 0.15) is 6.10 Å². The second-order valence-electron chi connectivity index (χ2n) is 6.39. The fraction of sp³-hybridized carbons (Fsp3) is 0.833. The predicted molar refractivity (Wildman–Crippen MR) is 91.5 cm³/mol. The van der Waals surface area contributed by atoms with Crippen LogP contribution in [-0.4, -0.2) is 52.2 Å². The van der Waals surface area contributed by atoms with Crippen molar-refractivity contribution in [1.29, 1.82) is 0 Å². The molecule has 0 N–H and O–H groups in total. The summed E-state index contributed by atoms with van der Waals surface area (Å²) in [6.45, 7) is 13.1. The Morgan fingerprint density at radius 2 is 1.70 bits per heavy atom. The number of esters is 1. The predicted octanol–water partition coefficient (Wildman–Crippen LogP) is 3.37. The van der Waals surface area contributed by atoms with E-state index in [1.807, 2.05) is 6.92 Å². The molecule has 0 aromatic carbocycles. The normalized spacial score (nSPS) is 14.3. The summed E-state index contributed by atoms with van der Waals surface area (Å²) < 4.78 is 21.8. The highest BCUT2D eigenvalue weighted by atomic mass is 16.5. The molecule has 0 saturated carbocycles. The number of ether oxygens (including phenoxy) is 4. The third-order valence-electron chi connectivity index (χ3n) is 3.95. The number of hydrogen-bond acceptors (Lipinski definition) is 5. The molecule has 0 aromatic heterocycles. The smallest absolute Gasteiger partial charge is 0.333 e. The first kappa shape index (κ1) is 22.1. The molecule has 0 amide bonds. The van der Waals surface area contributed by atoms with Crippen molar-refractivity contribution in [2.24, 2.45) is 5.41 Å². The largest absolute Gasteiger partial charge is 0.459 e. The van der Waals surface area contributed by atoms with Crippen molar-refractivity contribution >= 4 is 5.97 Å². The van der Waals surface area contributed by atoms with Gasteiger partial charge in [0.15, 0.2) is 0 Å². The van der Waals surface area contributed by atoms with Crippen LogP contribution in [0.4, 0.5) is 0 Å². The Morgan fingerprint density at radius 1 is 1.13 bits per heavy atom. The van der Waals surface area contributed by atoms with E-state index in [0.717, 1.165) is 12.8 Å². The average molecular weight is 330 g/mol. The zero-order chi connectivity index (χ0) is 17.9. The summed E-state index contributed by atoms with van der Waals surface area (Å²) in [6.07, 6.45) is 2.40. The topological polar surface area (TPSA) is 54.0 Å². The lowest BCUT2D eigenvalue weighted by Crippen LogP contribution is -2.35. The molecule has 0 heterocycles. The highest BCUT2D eigenvalue weighted by molar-refractivity contribution is 5.87. The average Bonchev–Trinajstić information content (AvgIpc) is 2.47. The first-order valence-electron chi connectivity index (χ1n) is 8.26. The van der Waals surface area contributed by atoms with Gasteiger partial charge in [0, 0.05) is 31.6 Å². The molecular weight excluding hydrogens is 296 g/mol. The van der Waals surface area contributed by atoms with Crippen LogP contribution in [0.1, 0.15) is 47.0 Å². The first-order valence-corrected chi connectivity index (χ1v) is 8.26. The molecule has 0 saturated heterocycles. The van der Waals surface area contributed by atoms with Gasteiger partial charge in [-0.15, -0.1) is 0 Å². The number of rotatable bonds is 13. The maximum Gasteiger partial charge on any atom is 0.333 e. The lowest BCUT2D eigenvalue weighted by atomic mass is 9.81. The molecule has 0 bridgehead atoms. The molecule has 0 aliphatic heterocycles. The third-order valence-corrected chi connectivity index (χ3v) is 3.95. The van der Waals surface area contributed by atoms with Gasteiger partial charge in [-0.25, -0.2) is 4.79 Å². The zero-order valence-electron chi connectivity index (χ0n) is 15.6. The highest BCUT2D eigenvalue weighted by Gasteiger charge is 2.30. The van der Waals surface area contributed by atoms with Gasteiger partial charge in [-0.1, -0.05) is 13.5 Å². The molecule has 2 unspecified atom stereocenters. The molecule has 5 heteroatoms. The number of hydrogen-bond donors (Lipinski definition) is 0. The Kier molecular flexibility index (Phi) is 11.1. The van der Waals surface area contributed by atoms with Crippen molar-refractivity contribution in [3.63, 3.8) is 0 Å². The van der Waals surface area contributed by atoms with E-state index < -0.39 is 0 Å². The number of carbonyl (C=O) groups is 1. The fourth-order valence-corrected chi connectivity index (χ4v) is 2.57. The van der Waals surface area contributed by atoms with Crippen LogP contribution >= 0.6 is 0 Å². The fourth-order valence-electron chi connectivity index (χ4n) is 2.57. The summed E-state index contributed by atoms with van der Waals surface area (Å²) in [5, 5.41) is 0. The summed E-state index contributed by atoms with van der Waals surface area (Å²) >= 11 is 0. The second-order valence-corrected chi connectivity index (χ2v) is 6.39. The minimum atomic E-state index is -0.351. The summed E-state index contributed by atoms with van der Waals surface area (Å²) in [4.78, 5) is 11.4. The van der Waals surface area contributed by atoms with Crippen molar-refractivity contribution in [3.8, 4) is 0 Å². The van der Waals surface area contributed by atoms with Gasteiger partial charge in [-0.3, -0.25) is 0 Å². The van der Waals surface area contributed by atoms with Gasteiger partial charge < -0.3 is 18.9 Å². The van der Waals surface area contributed by atoms with Crippen molar-refractivity contribution in [2.75, 3.05) is 34.0 Å². The van der Waals surface area contributed by atoms with Crippen LogP contribution in [-0.2, 0) is 23.7 Å². The molecule has 5 nitrogen and oxygen atoms in total. The van der Waals surface area contributed by atoms with Crippen LogP contribution in [0.25, 0.3) is 0 Å². The van der Waals surface area contributed by atoms with Gasteiger partial charge in [-0.05, 0) is 33.6 Å². The van der Waals surface area contributed by atoms with Crippen LogP contribution in [0.3, 0.4) is 0 Å². The highest BCUT2D eigenvalue weighted by Crippen LogP contribution is 2.30.